The molecule has 0 atom stereocenters. The smallest absolute Gasteiger partial charge is 0.273 e. The van der Waals surface area contributed by atoms with Crippen LogP contribution in [0.1, 0.15) is 30.3 Å². The lowest BCUT2D eigenvalue weighted by Gasteiger charge is -2.30. The molecule has 10 heteroatoms. The van der Waals surface area contributed by atoms with Gasteiger partial charge in [0.2, 0.25) is 11.0 Å². The number of likely N-dealkylation sites (tertiary alicyclic amines) is 1. The van der Waals surface area contributed by atoms with Crippen LogP contribution >= 0.6 is 22.7 Å². The number of nitrogens with zero attached hydrogens (tertiary/aromatic N) is 4. The third-order valence-corrected chi connectivity index (χ3v) is 5.20. The average molecular weight is 366 g/mol. The standard InChI is InChI=1S/C14H18N6O2S2/c1-2-15-13-17-10(7-23-13)12(22)20-5-3-9(4-6-20)11(21)18-14-19-16-8-24-14/h7-9H,2-6H2,1H3,(H,15,17)(H,18,19,21). The van der Waals surface area contributed by atoms with Crippen molar-refractivity contribution in [3.05, 3.63) is 16.6 Å². The van der Waals surface area contributed by atoms with Crippen LogP contribution in [-0.2, 0) is 4.79 Å². The number of hydrogen-bond donors (Lipinski definition) is 2. The van der Waals surface area contributed by atoms with Gasteiger partial charge in [0.25, 0.3) is 5.91 Å². The number of thiazole rings is 1. The van der Waals surface area contributed by atoms with Gasteiger partial charge in [0.1, 0.15) is 11.2 Å². The molecule has 8 nitrogen and oxygen atoms in total. The van der Waals surface area contributed by atoms with Crippen LogP contribution in [0.3, 0.4) is 0 Å². The van der Waals surface area contributed by atoms with Gasteiger partial charge in [-0.15, -0.1) is 21.5 Å². The molecule has 0 saturated carbocycles. The van der Waals surface area contributed by atoms with Crippen molar-refractivity contribution in [3.63, 3.8) is 0 Å². The topological polar surface area (TPSA) is 100 Å². The molecule has 0 spiro atoms. The largest absolute Gasteiger partial charge is 0.362 e. The van der Waals surface area contributed by atoms with E-state index in [1.807, 2.05) is 6.92 Å². The second kappa shape index (κ2) is 7.67. The van der Waals surface area contributed by atoms with Crippen molar-refractivity contribution in [2.24, 2.45) is 5.92 Å². The summed E-state index contributed by atoms with van der Waals surface area (Å²) in [4.78, 5) is 30.7. The molecule has 128 valence electrons. The Bertz CT molecular complexity index is 694. The Morgan fingerprint density at radius 2 is 2.08 bits per heavy atom. The van der Waals surface area contributed by atoms with Gasteiger partial charge < -0.3 is 15.5 Å². The third-order valence-electron chi connectivity index (χ3n) is 3.79. The van der Waals surface area contributed by atoms with E-state index in [4.69, 9.17) is 0 Å². The van der Waals surface area contributed by atoms with Crippen molar-refractivity contribution in [2.75, 3.05) is 30.3 Å². The molecule has 2 aromatic heterocycles. The molecule has 1 aliphatic rings. The second-order valence-electron chi connectivity index (χ2n) is 5.37. The monoisotopic (exact) mass is 366 g/mol. The van der Waals surface area contributed by atoms with Crippen molar-refractivity contribution in [2.45, 2.75) is 19.8 Å². The lowest BCUT2D eigenvalue weighted by atomic mass is 9.96. The van der Waals surface area contributed by atoms with Crippen LogP contribution in [0.4, 0.5) is 10.3 Å². The van der Waals surface area contributed by atoms with E-state index >= 15 is 0 Å². The first-order chi connectivity index (χ1) is 11.7. The van der Waals surface area contributed by atoms with Crippen molar-refractivity contribution in [3.8, 4) is 0 Å². The lowest BCUT2D eigenvalue weighted by molar-refractivity contribution is -0.121. The molecule has 0 aliphatic carbocycles. The van der Waals surface area contributed by atoms with Crippen LogP contribution in [-0.4, -0.2) is 51.5 Å². The number of carbonyl (C=O) groups is 2. The number of nitrogens with one attached hydrogen (secondary N) is 2. The maximum absolute atomic E-state index is 12.5. The minimum absolute atomic E-state index is 0.0538. The molecule has 0 radical (unpaired) electrons. The number of amides is 2. The van der Waals surface area contributed by atoms with E-state index in [1.54, 1.807) is 15.8 Å². The summed E-state index contributed by atoms with van der Waals surface area (Å²) >= 11 is 2.72. The normalized spacial score (nSPS) is 15.3. The Morgan fingerprint density at radius 1 is 1.29 bits per heavy atom. The Morgan fingerprint density at radius 3 is 2.75 bits per heavy atom. The highest BCUT2D eigenvalue weighted by Gasteiger charge is 2.29. The minimum atomic E-state index is -0.106. The number of rotatable bonds is 5. The average Bonchev–Trinajstić information content (AvgIpc) is 3.27. The Hall–Kier alpha value is -2.07. The van der Waals surface area contributed by atoms with E-state index in [2.05, 4.69) is 25.8 Å². The summed E-state index contributed by atoms with van der Waals surface area (Å²) in [6.45, 7) is 3.87. The van der Waals surface area contributed by atoms with Gasteiger partial charge in [-0.1, -0.05) is 11.3 Å². The molecule has 1 fully saturated rings. The molecule has 0 aromatic carbocycles. The first-order valence-electron chi connectivity index (χ1n) is 7.73. The van der Waals surface area contributed by atoms with Gasteiger partial charge in [-0.05, 0) is 19.8 Å². The van der Waals surface area contributed by atoms with Crippen molar-refractivity contribution in [1.82, 2.24) is 20.1 Å². The summed E-state index contributed by atoms with van der Waals surface area (Å²) in [5, 5.41) is 16.4. The second-order valence-corrected chi connectivity index (χ2v) is 7.06. The van der Waals surface area contributed by atoms with Crippen LogP contribution in [0.25, 0.3) is 0 Å². The van der Waals surface area contributed by atoms with Gasteiger partial charge in [0, 0.05) is 30.9 Å². The molecule has 3 heterocycles. The zero-order valence-corrected chi connectivity index (χ0v) is 14.8. The molecule has 0 bridgehead atoms. The molecule has 2 N–H and O–H groups in total. The summed E-state index contributed by atoms with van der Waals surface area (Å²) in [7, 11) is 0. The maximum Gasteiger partial charge on any atom is 0.273 e. The van der Waals surface area contributed by atoms with E-state index in [-0.39, 0.29) is 17.7 Å². The summed E-state index contributed by atoms with van der Waals surface area (Å²) < 4.78 is 0. The molecule has 2 amide bonds. The summed E-state index contributed by atoms with van der Waals surface area (Å²) in [6.07, 6.45) is 1.28. The van der Waals surface area contributed by atoms with E-state index in [1.165, 1.54) is 22.7 Å². The molecular formula is C14H18N6O2S2. The summed E-state index contributed by atoms with van der Waals surface area (Å²) in [5.74, 6) is -0.231. The third kappa shape index (κ3) is 3.88. The van der Waals surface area contributed by atoms with Gasteiger partial charge in [-0.3, -0.25) is 9.59 Å². The van der Waals surface area contributed by atoms with E-state index in [0.717, 1.165) is 11.7 Å². The van der Waals surface area contributed by atoms with E-state index in [0.29, 0.717) is 36.8 Å². The molecular weight excluding hydrogens is 348 g/mol. The van der Waals surface area contributed by atoms with Crippen LogP contribution in [0.5, 0.6) is 0 Å². The minimum Gasteiger partial charge on any atom is -0.362 e. The number of anilines is 2. The molecule has 1 aliphatic heterocycles. The van der Waals surface area contributed by atoms with Gasteiger partial charge in [-0.25, -0.2) is 4.98 Å². The number of aromatic nitrogens is 3. The van der Waals surface area contributed by atoms with Gasteiger partial charge in [0.15, 0.2) is 5.13 Å². The predicted molar refractivity (Wildman–Crippen MR) is 93.4 cm³/mol. The quantitative estimate of drug-likeness (QED) is 0.838. The van der Waals surface area contributed by atoms with Gasteiger partial charge in [-0.2, -0.15) is 0 Å². The molecule has 3 rings (SSSR count). The van der Waals surface area contributed by atoms with Crippen LogP contribution in [0, 0.1) is 5.92 Å². The van der Waals surface area contributed by atoms with Crippen molar-refractivity contribution < 1.29 is 9.59 Å². The fourth-order valence-corrected chi connectivity index (χ4v) is 3.75. The van der Waals surface area contributed by atoms with Crippen LogP contribution in [0.15, 0.2) is 10.9 Å². The Balaban J connectivity index is 1.52. The fraction of sp³-hybridized carbons (Fsp3) is 0.500. The van der Waals surface area contributed by atoms with Crippen molar-refractivity contribution >= 4 is 44.8 Å². The van der Waals surface area contributed by atoms with Gasteiger partial charge >= 0.3 is 0 Å². The fourth-order valence-electron chi connectivity index (χ4n) is 2.55. The highest BCUT2D eigenvalue weighted by atomic mass is 32.1. The van der Waals surface area contributed by atoms with E-state index < -0.39 is 0 Å². The summed E-state index contributed by atoms with van der Waals surface area (Å²) in [5.41, 5.74) is 2.04. The molecule has 1 saturated heterocycles. The highest BCUT2D eigenvalue weighted by molar-refractivity contribution is 7.14. The Kier molecular flexibility index (Phi) is 5.36. The zero-order chi connectivity index (χ0) is 16.9. The lowest BCUT2D eigenvalue weighted by Crippen LogP contribution is -2.41. The summed E-state index contributed by atoms with van der Waals surface area (Å²) in [6, 6.07) is 0. The number of hydrogen-bond acceptors (Lipinski definition) is 8. The maximum atomic E-state index is 12.5. The number of carbonyl (C=O) groups excluding carboxylic acids is 2. The number of piperidine rings is 1. The molecule has 0 unspecified atom stereocenters. The molecule has 24 heavy (non-hydrogen) atoms. The predicted octanol–water partition coefficient (Wildman–Crippen LogP) is 1.92. The first kappa shape index (κ1) is 16.8. The zero-order valence-electron chi connectivity index (χ0n) is 13.2. The van der Waals surface area contributed by atoms with Crippen LogP contribution in [0.2, 0.25) is 0 Å². The highest BCUT2D eigenvalue weighted by Crippen LogP contribution is 2.23. The Labute approximate surface area is 147 Å². The SMILES string of the molecule is CCNc1nc(C(=O)N2CCC(C(=O)Nc3nncs3)CC2)cs1. The molecule has 2 aromatic rings. The van der Waals surface area contributed by atoms with Crippen LogP contribution < -0.4 is 10.6 Å². The van der Waals surface area contributed by atoms with Gasteiger partial charge in [0.05, 0.1) is 0 Å². The van der Waals surface area contributed by atoms with Crippen molar-refractivity contribution in [1.29, 1.82) is 0 Å². The first-order valence-corrected chi connectivity index (χ1v) is 9.49. The van der Waals surface area contributed by atoms with E-state index in [9.17, 15) is 9.59 Å².